The third kappa shape index (κ3) is 2.35. The van der Waals surface area contributed by atoms with E-state index in [-0.39, 0.29) is 0 Å². The van der Waals surface area contributed by atoms with Gasteiger partial charge in [0, 0.05) is 14.5 Å². The summed E-state index contributed by atoms with van der Waals surface area (Å²) in [5.74, 6) is -0.483. The van der Waals surface area contributed by atoms with E-state index in [1.807, 2.05) is 24.3 Å². The van der Waals surface area contributed by atoms with Crippen molar-refractivity contribution in [3.8, 4) is 10.6 Å². The number of benzene rings is 1. The Labute approximate surface area is 104 Å². The SMILES string of the molecule is NC(=O)c1csc(-c2ccc(I)cc2)n1. The van der Waals surface area contributed by atoms with E-state index in [1.165, 1.54) is 14.9 Å². The average Bonchev–Trinajstić information content (AvgIpc) is 2.68. The van der Waals surface area contributed by atoms with E-state index >= 15 is 0 Å². The van der Waals surface area contributed by atoms with Crippen LogP contribution in [0.2, 0.25) is 0 Å². The molecule has 0 radical (unpaired) electrons. The minimum atomic E-state index is -0.483. The summed E-state index contributed by atoms with van der Waals surface area (Å²) in [6.45, 7) is 0. The summed E-state index contributed by atoms with van der Waals surface area (Å²) < 4.78 is 1.17. The largest absolute Gasteiger partial charge is 0.364 e. The summed E-state index contributed by atoms with van der Waals surface area (Å²) in [4.78, 5) is 15.0. The number of nitrogens with zero attached hydrogens (tertiary/aromatic N) is 1. The number of thiazole rings is 1. The van der Waals surface area contributed by atoms with Crippen molar-refractivity contribution in [2.24, 2.45) is 5.73 Å². The Bertz CT molecular complexity index is 492. The quantitative estimate of drug-likeness (QED) is 0.861. The topological polar surface area (TPSA) is 56.0 Å². The Morgan fingerprint density at radius 3 is 2.53 bits per heavy atom. The van der Waals surface area contributed by atoms with Gasteiger partial charge < -0.3 is 5.73 Å². The van der Waals surface area contributed by atoms with Crippen molar-refractivity contribution < 1.29 is 4.79 Å². The zero-order chi connectivity index (χ0) is 10.8. The second kappa shape index (κ2) is 4.28. The van der Waals surface area contributed by atoms with Crippen LogP contribution < -0.4 is 5.73 Å². The normalized spacial score (nSPS) is 10.2. The molecule has 1 heterocycles. The highest BCUT2D eigenvalue weighted by atomic mass is 127. The highest BCUT2D eigenvalue weighted by molar-refractivity contribution is 14.1. The molecule has 0 aliphatic rings. The molecule has 0 aliphatic heterocycles. The maximum Gasteiger partial charge on any atom is 0.268 e. The monoisotopic (exact) mass is 330 g/mol. The third-order valence-electron chi connectivity index (χ3n) is 1.85. The standard InChI is InChI=1S/C10H7IN2OS/c11-7-3-1-6(2-4-7)10-13-8(5-15-10)9(12)14/h1-5H,(H2,12,14). The minimum absolute atomic E-state index is 0.327. The van der Waals surface area contributed by atoms with Crippen molar-refractivity contribution in [3.05, 3.63) is 38.9 Å². The predicted molar refractivity (Wildman–Crippen MR) is 68.8 cm³/mol. The van der Waals surface area contributed by atoms with Gasteiger partial charge in [-0.3, -0.25) is 4.79 Å². The van der Waals surface area contributed by atoms with Gasteiger partial charge in [0.2, 0.25) is 0 Å². The lowest BCUT2D eigenvalue weighted by Gasteiger charge is -1.95. The van der Waals surface area contributed by atoms with Crippen molar-refractivity contribution in [2.75, 3.05) is 0 Å². The molecule has 1 aromatic heterocycles. The molecule has 5 heteroatoms. The first-order valence-electron chi connectivity index (χ1n) is 4.18. The molecule has 0 fully saturated rings. The Morgan fingerprint density at radius 2 is 2.00 bits per heavy atom. The number of halogens is 1. The molecule has 0 spiro atoms. The van der Waals surface area contributed by atoms with Gasteiger partial charge in [-0.25, -0.2) is 4.98 Å². The summed E-state index contributed by atoms with van der Waals surface area (Å²) in [5, 5.41) is 2.50. The number of hydrogen-bond donors (Lipinski definition) is 1. The third-order valence-corrected chi connectivity index (χ3v) is 3.46. The van der Waals surface area contributed by atoms with Gasteiger partial charge in [0.1, 0.15) is 10.7 Å². The number of carbonyl (C=O) groups excluding carboxylic acids is 1. The van der Waals surface area contributed by atoms with Crippen LogP contribution in [0.5, 0.6) is 0 Å². The number of carbonyl (C=O) groups is 1. The van der Waals surface area contributed by atoms with E-state index in [9.17, 15) is 4.79 Å². The van der Waals surface area contributed by atoms with Gasteiger partial charge >= 0.3 is 0 Å². The van der Waals surface area contributed by atoms with E-state index in [2.05, 4.69) is 27.6 Å². The predicted octanol–water partition coefficient (Wildman–Crippen LogP) is 2.51. The van der Waals surface area contributed by atoms with Crippen LogP contribution in [-0.2, 0) is 0 Å². The molecule has 2 rings (SSSR count). The molecule has 0 unspecified atom stereocenters. The Balaban J connectivity index is 2.37. The number of amides is 1. The first-order valence-corrected chi connectivity index (χ1v) is 6.14. The molecule has 1 amide bonds. The molecule has 0 saturated heterocycles. The molecular formula is C10H7IN2OS. The molecule has 15 heavy (non-hydrogen) atoms. The second-order valence-electron chi connectivity index (χ2n) is 2.91. The fraction of sp³-hybridized carbons (Fsp3) is 0. The summed E-state index contributed by atoms with van der Waals surface area (Å²) in [6, 6.07) is 7.96. The molecule has 0 aliphatic carbocycles. The van der Waals surface area contributed by atoms with Gasteiger partial charge in [-0.05, 0) is 34.7 Å². The van der Waals surface area contributed by atoms with Crippen LogP contribution in [-0.4, -0.2) is 10.9 Å². The Hall–Kier alpha value is -0.950. The summed E-state index contributed by atoms with van der Waals surface area (Å²) in [5.41, 5.74) is 6.47. The van der Waals surface area contributed by atoms with E-state index < -0.39 is 5.91 Å². The fourth-order valence-electron chi connectivity index (χ4n) is 1.11. The van der Waals surface area contributed by atoms with Crippen LogP contribution >= 0.6 is 33.9 Å². The number of nitrogens with two attached hydrogens (primary N) is 1. The Morgan fingerprint density at radius 1 is 1.33 bits per heavy atom. The van der Waals surface area contributed by atoms with Crippen molar-refractivity contribution in [2.45, 2.75) is 0 Å². The molecule has 1 aromatic carbocycles. The number of hydrogen-bond acceptors (Lipinski definition) is 3. The minimum Gasteiger partial charge on any atom is -0.364 e. The van der Waals surface area contributed by atoms with Gasteiger partial charge in [0.05, 0.1) is 0 Å². The average molecular weight is 330 g/mol. The summed E-state index contributed by atoms with van der Waals surface area (Å²) in [6.07, 6.45) is 0. The number of rotatable bonds is 2. The molecule has 0 atom stereocenters. The fourth-order valence-corrected chi connectivity index (χ4v) is 2.29. The van der Waals surface area contributed by atoms with Gasteiger partial charge in [0.25, 0.3) is 5.91 Å². The second-order valence-corrected chi connectivity index (χ2v) is 5.01. The van der Waals surface area contributed by atoms with E-state index in [4.69, 9.17) is 5.73 Å². The van der Waals surface area contributed by atoms with Gasteiger partial charge in [-0.15, -0.1) is 11.3 Å². The maximum atomic E-state index is 10.9. The summed E-state index contributed by atoms with van der Waals surface area (Å²) in [7, 11) is 0. The molecule has 2 aromatic rings. The smallest absolute Gasteiger partial charge is 0.268 e. The summed E-state index contributed by atoms with van der Waals surface area (Å²) >= 11 is 3.66. The maximum absolute atomic E-state index is 10.9. The zero-order valence-electron chi connectivity index (χ0n) is 7.61. The molecule has 3 nitrogen and oxygen atoms in total. The molecule has 76 valence electrons. The lowest BCUT2D eigenvalue weighted by molar-refractivity contribution is 0.0996. The van der Waals surface area contributed by atoms with Crippen molar-refractivity contribution in [1.29, 1.82) is 0 Å². The van der Waals surface area contributed by atoms with Crippen molar-refractivity contribution in [1.82, 2.24) is 4.98 Å². The molecular weight excluding hydrogens is 323 g/mol. The first-order chi connectivity index (χ1) is 7.16. The number of aromatic nitrogens is 1. The molecule has 2 N–H and O–H groups in total. The highest BCUT2D eigenvalue weighted by Gasteiger charge is 2.07. The lowest BCUT2D eigenvalue weighted by Crippen LogP contribution is -2.10. The van der Waals surface area contributed by atoms with E-state index in [0.29, 0.717) is 5.69 Å². The van der Waals surface area contributed by atoms with Crippen molar-refractivity contribution in [3.63, 3.8) is 0 Å². The van der Waals surface area contributed by atoms with Gasteiger partial charge in [-0.2, -0.15) is 0 Å². The molecule has 0 saturated carbocycles. The van der Waals surface area contributed by atoms with Gasteiger partial charge in [-0.1, -0.05) is 12.1 Å². The molecule has 0 bridgehead atoms. The van der Waals surface area contributed by atoms with Crippen molar-refractivity contribution >= 4 is 39.8 Å². The van der Waals surface area contributed by atoms with Crippen LogP contribution in [0.15, 0.2) is 29.6 Å². The van der Waals surface area contributed by atoms with E-state index in [1.54, 1.807) is 5.38 Å². The number of primary amides is 1. The zero-order valence-corrected chi connectivity index (χ0v) is 10.6. The van der Waals surface area contributed by atoms with Crippen LogP contribution in [0.25, 0.3) is 10.6 Å². The first kappa shape index (κ1) is 10.6. The lowest BCUT2D eigenvalue weighted by atomic mass is 10.2. The van der Waals surface area contributed by atoms with Crippen LogP contribution in [0.3, 0.4) is 0 Å². The Kier molecular flexibility index (Phi) is 3.01. The van der Waals surface area contributed by atoms with Gasteiger partial charge in [0.15, 0.2) is 0 Å². The van der Waals surface area contributed by atoms with Crippen LogP contribution in [0, 0.1) is 3.57 Å². The van der Waals surface area contributed by atoms with Crippen LogP contribution in [0.1, 0.15) is 10.5 Å². The van der Waals surface area contributed by atoms with E-state index in [0.717, 1.165) is 10.6 Å². The highest BCUT2D eigenvalue weighted by Crippen LogP contribution is 2.24. The van der Waals surface area contributed by atoms with Crippen LogP contribution in [0.4, 0.5) is 0 Å².